The van der Waals surface area contributed by atoms with E-state index >= 15 is 0 Å². The summed E-state index contributed by atoms with van der Waals surface area (Å²) < 4.78 is 7.43. The minimum Gasteiger partial charge on any atom is -0.379 e. The topological polar surface area (TPSA) is 88.8 Å². The normalized spacial score (nSPS) is 22.7. The van der Waals surface area contributed by atoms with Crippen molar-refractivity contribution in [2.24, 2.45) is 5.92 Å². The summed E-state index contributed by atoms with van der Waals surface area (Å²) in [6.07, 6.45) is 4.95. The van der Waals surface area contributed by atoms with Gasteiger partial charge in [-0.1, -0.05) is 6.07 Å². The molecule has 0 unspecified atom stereocenters. The maximum absolute atomic E-state index is 13.4. The Bertz CT molecular complexity index is 961. The molecule has 5 rings (SSSR count). The van der Waals surface area contributed by atoms with Crippen LogP contribution < -0.4 is 4.90 Å². The van der Waals surface area contributed by atoms with Crippen LogP contribution in [0.3, 0.4) is 0 Å². The second-order valence-corrected chi connectivity index (χ2v) is 6.91. The van der Waals surface area contributed by atoms with E-state index in [0.717, 1.165) is 6.54 Å². The number of rotatable bonds is 2. The molecule has 2 bridgehead atoms. The van der Waals surface area contributed by atoms with Crippen molar-refractivity contribution in [1.29, 1.82) is 0 Å². The first-order chi connectivity index (χ1) is 13.3. The third-order valence-corrected chi connectivity index (χ3v) is 5.09. The van der Waals surface area contributed by atoms with E-state index in [1.54, 1.807) is 29.0 Å². The number of fused-ring (bicyclic) bond motifs is 4. The van der Waals surface area contributed by atoms with Crippen molar-refractivity contribution in [1.82, 2.24) is 29.5 Å². The molecule has 3 aromatic rings. The number of hydrogen-bond acceptors (Lipinski definition) is 7. The van der Waals surface area contributed by atoms with E-state index in [9.17, 15) is 4.79 Å². The molecule has 1 amide bonds. The lowest BCUT2D eigenvalue weighted by Crippen LogP contribution is -2.47. The van der Waals surface area contributed by atoms with E-state index in [2.05, 4.69) is 25.0 Å². The molecule has 0 aliphatic carbocycles. The quantitative estimate of drug-likeness (QED) is 0.653. The molecule has 27 heavy (non-hydrogen) atoms. The van der Waals surface area contributed by atoms with Crippen LogP contribution in [0, 0.1) is 5.92 Å². The van der Waals surface area contributed by atoms with Crippen LogP contribution in [0.15, 0.2) is 43.0 Å². The first kappa shape index (κ1) is 16.1. The molecular formula is C18H19N7O2. The van der Waals surface area contributed by atoms with Crippen molar-refractivity contribution in [3.05, 3.63) is 48.7 Å². The number of amides is 1. The zero-order chi connectivity index (χ0) is 18.2. The fourth-order valence-corrected chi connectivity index (χ4v) is 3.86. The van der Waals surface area contributed by atoms with Gasteiger partial charge in [0.25, 0.3) is 5.91 Å². The Morgan fingerprint density at radius 3 is 2.81 bits per heavy atom. The Morgan fingerprint density at radius 2 is 1.93 bits per heavy atom. The molecule has 0 spiro atoms. The Balaban J connectivity index is 1.48. The van der Waals surface area contributed by atoms with Gasteiger partial charge in [-0.05, 0) is 18.2 Å². The van der Waals surface area contributed by atoms with Crippen LogP contribution in [0.25, 0.3) is 5.65 Å². The number of carbonyl (C=O) groups excluding carboxylic acids is 1. The molecule has 3 aromatic heterocycles. The average Bonchev–Trinajstić information content (AvgIpc) is 2.99. The van der Waals surface area contributed by atoms with Gasteiger partial charge in [-0.25, -0.2) is 19.5 Å². The molecule has 2 saturated heterocycles. The monoisotopic (exact) mass is 365 g/mol. The number of hydrogen-bond donors (Lipinski definition) is 0. The minimum atomic E-state index is -0.0763. The molecule has 0 radical (unpaired) electrons. The van der Waals surface area contributed by atoms with Gasteiger partial charge in [-0.2, -0.15) is 5.10 Å². The van der Waals surface area contributed by atoms with Gasteiger partial charge in [0.05, 0.1) is 19.3 Å². The molecule has 2 atom stereocenters. The molecule has 5 heterocycles. The van der Waals surface area contributed by atoms with Gasteiger partial charge in [0.1, 0.15) is 12.0 Å². The van der Waals surface area contributed by atoms with Crippen LogP contribution in [0.1, 0.15) is 10.5 Å². The number of anilines is 1. The summed E-state index contributed by atoms with van der Waals surface area (Å²) in [6.45, 7) is 3.16. The summed E-state index contributed by atoms with van der Waals surface area (Å²) in [4.78, 5) is 30.4. The maximum Gasteiger partial charge on any atom is 0.273 e. The SMILES string of the molecule is O=C(c1cccc2ncnn12)N1C[C@H]2COC[C@@H]1CN(c1ncccn1)C2. The lowest BCUT2D eigenvalue weighted by atomic mass is 10.1. The first-order valence-electron chi connectivity index (χ1n) is 8.99. The predicted octanol–water partition coefficient (Wildman–Crippen LogP) is 0.497. The molecule has 2 fully saturated rings. The zero-order valence-corrected chi connectivity index (χ0v) is 14.7. The van der Waals surface area contributed by atoms with Crippen molar-refractivity contribution in [3.8, 4) is 0 Å². The Hall–Kier alpha value is -3.07. The number of ether oxygens (including phenoxy) is 1. The lowest BCUT2D eigenvalue weighted by molar-refractivity contribution is 0.0604. The fourth-order valence-electron chi connectivity index (χ4n) is 3.86. The summed E-state index contributed by atoms with van der Waals surface area (Å²) in [5.41, 5.74) is 1.18. The van der Waals surface area contributed by atoms with Crippen LogP contribution in [0.2, 0.25) is 0 Å². The van der Waals surface area contributed by atoms with E-state index in [4.69, 9.17) is 4.74 Å². The molecule has 9 heteroatoms. The summed E-state index contributed by atoms with van der Waals surface area (Å²) in [5.74, 6) is 0.838. The number of pyridine rings is 1. The highest BCUT2D eigenvalue weighted by atomic mass is 16.5. The van der Waals surface area contributed by atoms with E-state index < -0.39 is 0 Å². The molecular weight excluding hydrogens is 346 g/mol. The minimum absolute atomic E-state index is 0.0533. The highest BCUT2D eigenvalue weighted by Crippen LogP contribution is 2.24. The van der Waals surface area contributed by atoms with Gasteiger partial charge < -0.3 is 14.5 Å². The average molecular weight is 365 g/mol. The van der Waals surface area contributed by atoms with Crippen molar-refractivity contribution in [2.75, 3.05) is 37.7 Å². The predicted molar refractivity (Wildman–Crippen MR) is 96.4 cm³/mol. The summed E-state index contributed by atoms with van der Waals surface area (Å²) >= 11 is 0. The van der Waals surface area contributed by atoms with Crippen LogP contribution in [0.5, 0.6) is 0 Å². The van der Waals surface area contributed by atoms with E-state index in [1.807, 2.05) is 17.0 Å². The van der Waals surface area contributed by atoms with Crippen molar-refractivity contribution < 1.29 is 9.53 Å². The first-order valence-corrected chi connectivity index (χ1v) is 8.99. The Labute approximate surface area is 155 Å². The molecule has 2 aliphatic heterocycles. The highest BCUT2D eigenvalue weighted by molar-refractivity contribution is 5.93. The van der Waals surface area contributed by atoms with Crippen molar-refractivity contribution >= 4 is 17.5 Å². The number of carbonyl (C=O) groups is 1. The van der Waals surface area contributed by atoms with Crippen LogP contribution in [-0.2, 0) is 4.74 Å². The summed E-state index contributed by atoms with van der Waals surface area (Å²) in [5, 5.41) is 4.20. The van der Waals surface area contributed by atoms with E-state index in [0.29, 0.717) is 43.6 Å². The molecule has 2 aliphatic rings. The van der Waals surface area contributed by atoms with Crippen LogP contribution in [-0.4, -0.2) is 74.3 Å². The molecule has 9 nitrogen and oxygen atoms in total. The fraction of sp³-hybridized carbons (Fsp3) is 0.389. The van der Waals surface area contributed by atoms with Gasteiger partial charge in [-0.3, -0.25) is 4.79 Å². The van der Waals surface area contributed by atoms with Crippen molar-refractivity contribution in [3.63, 3.8) is 0 Å². The highest BCUT2D eigenvalue weighted by Gasteiger charge is 2.37. The van der Waals surface area contributed by atoms with E-state index in [1.165, 1.54) is 6.33 Å². The molecule has 0 saturated carbocycles. The standard InChI is InChI=1S/C18H19N7O2/c26-17(15-3-1-4-16-21-12-22-25(15)16)24-8-13-7-23(9-14(24)11-27-10-13)18-19-5-2-6-20-18/h1-6,12-14H,7-11H2/t13-,14-/m0/s1. The van der Waals surface area contributed by atoms with Gasteiger partial charge >= 0.3 is 0 Å². The van der Waals surface area contributed by atoms with Gasteiger partial charge in [-0.15, -0.1) is 0 Å². The van der Waals surface area contributed by atoms with Crippen molar-refractivity contribution in [2.45, 2.75) is 6.04 Å². The largest absolute Gasteiger partial charge is 0.379 e. The van der Waals surface area contributed by atoms with Gasteiger partial charge in [0.2, 0.25) is 5.95 Å². The lowest BCUT2D eigenvalue weighted by Gasteiger charge is -2.31. The van der Waals surface area contributed by atoms with E-state index in [-0.39, 0.29) is 17.9 Å². The zero-order valence-electron chi connectivity index (χ0n) is 14.7. The van der Waals surface area contributed by atoms with Crippen LogP contribution >= 0.6 is 0 Å². The molecule has 0 N–H and O–H groups in total. The molecule has 138 valence electrons. The second-order valence-electron chi connectivity index (χ2n) is 6.91. The maximum atomic E-state index is 13.4. The van der Waals surface area contributed by atoms with Crippen LogP contribution in [0.4, 0.5) is 5.95 Å². The summed E-state index contributed by atoms with van der Waals surface area (Å²) in [7, 11) is 0. The number of aromatic nitrogens is 5. The Morgan fingerprint density at radius 1 is 1.04 bits per heavy atom. The Kier molecular flexibility index (Phi) is 3.93. The number of nitrogens with zero attached hydrogens (tertiary/aromatic N) is 7. The third-order valence-electron chi connectivity index (χ3n) is 5.09. The summed E-state index contributed by atoms with van der Waals surface area (Å²) in [6, 6.07) is 7.19. The smallest absolute Gasteiger partial charge is 0.273 e. The van der Waals surface area contributed by atoms with Gasteiger partial charge in [0, 0.05) is 37.9 Å². The van der Waals surface area contributed by atoms with Gasteiger partial charge in [0.15, 0.2) is 5.65 Å². The molecule has 0 aromatic carbocycles. The third kappa shape index (κ3) is 2.89. The second kappa shape index (κ2) is 6.58.